The maximum absolute atomic E-state index is 12.5. The maximum Gasteiger partial charge on any atom is 0.267 e. The van der Waals surface area contributed by atoms with Crippen LogP contribution in [0.2, 0.25) is 0 Å². The van der Waals surface area contributed by atoms with Crippen molar-refractivity contribution in [2.45, 2.75) is 19.3 Å². The van der Waals surface area contributed by atoms with Crippen LogP contribution >= 0.6 is 11.5 Å². The summed E-state index contributed by atoms with van der Waals surface area (Å²) in [6.07, 6.45) is 0.824. The number of carbonyl (C=O) groups excluding carboxylic acids is 1. The summed E-state index contributed by atoms with van der Waals surface area (Å²) in [5.74, 6) is 1.24. The van der Waals surface area contributed by atoms with Gasteiger partial charge in [0.25, 0.3) is 11.8 Å². The molecule has 1 aliphatic rings. The summed E-state index contributed by atoms with van der Waals surface area (Å²) in [6, 6.07) is 9.67. The van der Waals surface area contributed by atoms with Gasteiger partial charge in [-0.15, -0.1) is 5.10 Å². The Kier molecular flexibility index (Phi) is 3.81. The molecule has 4 rings (SSSR count). The topological polar surface area (TPSA) is 85.0 Å². The van der Waals surface area contributed by atoms with E-state index in [0.29, 0.717) is 35.4 Å². The zero-order chi connectivity index (χ0) is 16.5. The van der Waals surface area contributed by atoms with E-state index in [4.69, 9.17) is 4.52 Å². The molecule has 2 aromatic heterocycles. The lowest BCUT2D eigenvalue weighted by atomic mass is 10.1. The number of likely N-dealkylation sites (tertiary alicyclic amines) is 1. The molecule has 7 nitrogen and oxygen atoms in total. The molecule has 1 fully saturated rings. The first-order chi connectivity index (χ1) is 11.7. The van der Waals surface area contributed by atoms with Crippen LogP contribution in [0, 0.1) is 6.92 Å². The van der Waals surface area contributed by atoms with Gasteiger partial charge in [-0.1, -0.05) is 27.8 Å². The highest BCUT2D eigenvalue weighted by atomic mass is 32.1. The van der Waals surface area contributed by atoms with Gasteiger partial charge in [0.15, 0.2) is 5.82 Å². The second-order valence-electron chi connectivity index (χ2n) is 5.75. The number of carbonyl (C=O) groups is 1. The molecular weight excluding hydrogens is 326 g/mol. The molecule has 0 bridgehead atoms. The summed E-state index contributed by atoms with van der Waals surface area (Å²) in [4.78, 5) is 19.4. The molecule has 1 unspecified atom stereocenters. The fraction of sp³-hybridized carbons (Fsp3) is 0.312. The summed E-state index contributed by atoms with van der Waals surface area (Å²) in [5, 5.41) is 8.01. The third kappa shape index (κ3) is 2.69. The minimum absolute atomic E-state index is 0.0169. The summed E-state index contributed by atoms with van der Waals surface area (Å²) < 4.78 is 9.20. The molecule has 3 heterocycles. The second-order valence-corrected chi connectivity index (χ2v) is 6.50. The van der Waals surface area contributed by atoms with E-state index in [9.17, 15) is 4.79 Å². The summed E-state index contributed by atoms with van der Waals surface area (Å²) in [5.41, 5.74) is 1.58. The van der Waals surface area contributed by atoms with Crippen LogP contribution in [0.15, 0.2) is 34.9 Å². The Labute approximate surface area is 142 Å². The van der Waals surface area contributed by atoms with Crippen LogP contribution in [0.5, 0.6) is 0 Å². The van der Waals surface area contributed by atoms with Gasteiger partial charge in [-0.2, -0.15) is 4.98 Å². The molecule has 1 atom stereocenters. The van der Waals surface area contributed by atoms with E-state index in [1.165, 1.54) is 0 Å². The third-order valence-electron chi connectivity index (χ3n) is 4.15. The SMILES string of the molecule is Cc1nnsc1C(=O)N1CCC(c2noc(-c3ccccc3)n2)C1. The van der Waals surface area contributed by atoms with Gasteiger partial charge in [-0.05, 0) is 37.0 Å². The van der Waals surface area contributed by atoms with Crippen molar-refractivity contribution in [2.24, 2.45) is 0 Å². The molecule has 122 valence electrons. The fourth-order valence-corrected chi connectivity index (χ4v) is 3.45. The number of aryl methyl sites for hydroxylation is 1. The lowest BCUT2D eigenvalue weighted by Gasteiger charge is -2.14. The molecule has 1 saturated heterocycles. The van der Waals surface area contributed by atoms with E-state index in [2.05, 4.69) is 19.7 Å². The smallest absolute Gasteiger partial charge is 0.267 e. The summed E-state index contributed by atoms with van der Waals surface area (Å²) in [7, 11) is 0. The Hall–Kier alpha value is -2.61. The number of amides is 1. The Bertz CT molecular complexity index is 860. The van der Waals surface area contributed by atoms with E-state index in [0.717, 1.165) is 23.5 Å². The Morgan fingerprint density at radius 2 is 2.17 bits per heavy atom. The number of aromatic nitrogens is 4. The molecule has 8 heteroatoms. The largest absolute Gasteiger partial charge is 0.337 e. The Morgan fingerprint density at radius 3 is 2.92 bits per heavy atom. The Morgan fingerprint density at radius 1 is 1.33 bits per heavy atom. The molecule has 0 N–H and O–H groups in total. The van der Waals surface area contributed by atoms with Crippen LogP contribution in [-0.2, 0) is 0 Å². The standard InChI is InChI=1S/C16H15N5O2S/c1-10-13(24-20-18-10)16(22)21-8-7-12(9-21)14-17-15(23-19-14)11-5-3-2-4-6-11/h2-6,12H,7-9H2,1H3. The highest BCUT2D eigenvalue weighted by Gasteiger charge is 2.32. The zero-order valence-electron chi connectivity index (χ0n) is 13.0. The maximum atomic E-state index is 12.5. The van der Waals surface area contributed by atoms with Gasteiger partial charge in [0.05, 0.1) is 5.69 Å². The fourth-order valence-electron chi connectivity index (χ4n) is 2.83. The first-order valence-corrected chi connectivity index (χ1v) is 8.47. The molecule has 0 aliphatic carbocycles. The molecule has 0 radical (unpaired) electrons. The van der Waals surface area contributed by atoms with Gasteiger partial charge in [-0.25, -0.2) is 0 Å². The van der Waals surface area contributed by atoms with Gasteiger partial charge >= 0.3 is 0 Å². The highest BCUT2D eigenvalue weighted by Crippen LogP contribution is 2.28. The lowest BCUT2D eigenvalue weighted by molar-refractivity contribution is 0.0794. The van der Waals surface area contributed by atoms with Gasteiger partial charge in [0.2, 0.25) is 0 Å². The first-order valence-electron chi connectivity index (χ1n) is 7.69. The molecule has 1 aliphatic heterocycles. The van der Waals surface area contributed by atoms with Gasteiger partial charge in [0.1, 0.15) is 4.88 Å². The Balaban J connectivity index is 1.49. The normalized spacial score (nSPS) is 17.4. The van der Waals surface area contributed by atoms with Crippen molar-refractivity contribution < 1.29 is 9.32 Å². The van der Waals surface area contributed by atoms with Crippen molar-refractivity contribution >= 4 is 17.4 Å². The van der Waals surface area contributed by atoms with Gasteiger partial charge in [-0.3, -0.25) is 4.79 Å². The predicted octanol–water partition coefficient (Wildman–Crippen LogP) is 2.53. The van der Waals surface area contributed by atoms with Crippen molar-refractivity contribution in [1.29, 1.82) is 0 Å². The zero-order valence-corrected chi connectivity index (χ0v) is 13.9. The van der Waals surface area contributed by atoms with Crippen molar-refractivity contribution in [3.8, 4) is 11.5 Å². The molecular formula is C16H15N5O2S. The van der Waals surface area contributed by atoms with Crippen molar-refractivity contribution in [1.82, 2.24) is 24.6 Å². The molecule has 1 aromatic carbocycles. The van der Waals surface area contributed by atoms with E-state index < -0.39 is 0 Å². The van der Waals surface area contributed by atoms with Crippen LogP contribution in [0.1, 0.15) is 33.5 Å². The number of rotatable bonds is 3. The van der Waals surface area contributed by atoms with Crippen LogP contribution < -0.4 is 0 Å². The van der Waals surface area contributed by atoms with Crippen LogP contribution in [-0.4, -0.2) is 43.6 Å². The number of benzene rings is 1. The van der Waals surface area contributed by atoms with E-state index >= 15 is 0 Å². The predicted molar refractivity (Wildman–Crippen MR) is 87.6 cm³/mol. The molecule has 3 aromatic rings. The summed E-state index contributed by atoms with van der Waals surface area (Å²) >= 11 is 1.14. The number of nitrogens with zero attached hydrogens (tertiary/aromatic N) is 5. The molecule has 24 heavy (non-hydrogen) atoms. The van der Waals surface area contributed by atoms with Crippen molar-refractivity contribution in [3.63, 3.8) is 0 Å². The average Bonchev–Trinajstić information content (AvgIpc) is 3.35. The first kappa shape index (κ1) is 14.9. The highest BCUT2D eigenvalue weighted by molar-refractivity contribution is 7.07. The van der Waals surface area contributed by atoms with E-state index in [1.807, 2.05) is 35.2 Å². The van der Waals surface area contributed by atoms with Crippen LogP contribution in [0.4, 0.5) is 0 Å². The number of hydrogen-bond donors (Lipinski definition) is 0. The molecule has 0 saturated carbocycles. The van der Waals surface area contributed by atoms with E-state index in [-0.39, 0.29) is 11.8 Å². The monoisotopic (exact) mass is 341 g/mol. The number of hydrogen-bond acceptors (Lipinski definition) is 7. The van der Waals surface area contributed by atoms with Gasteiger partial charge in [0, 0.05) is 24.6 Å². The van der Waals surface area contributed by atoms with Crippen molar-refractivity contribution in [2.75, 3.05) is 13.1 Å². The molecule has 0 spiro atoms. The van der Waals surface area contributed by atoms with E-state index in [1.54, 1.807) is 6.92 Å². The quantitative estimate of drug-likeness (QED) is 0.728. The third-order valence-corrected chi connectivity index (χ3v) is 4.96. The van der Waals surface area contributed by atoms with Crippen LogP contribution in [0.25, 0.3) is 11.5 Å². The minimum atomic E-state index is -0.0169. The minimum Gasteiger partial charge on any atom is -0.337 e. The molecule has 1 amide bonds. The average molecular weight is 341 g/mol. The van der Waals surface area contributed by atoms with Crippen LogP contribution in [0.3, 0.4) is 0 Å². The van der Waals surface area contributed by atoms with Crippen molar-refractivity contribution in [3.05, 3.63) is 46.7 Å². The van der Waals surface area contributed by atoms with Gasteiger partial charge < -0.3 is 9.42 Å². The summed E-state index contributed by atoms with van der Waals surface area (Å²) in [6.45, 7) is 3.07. The lowest BCUT2D eigenvalue weighted by Crippen LogP contribution is -2.28. The second kappa shape index (κ2) is 6.12.